The lowest BCUT2D eigenvalue weighted by Gasteiger charge is -2.22. The highest BCUT2D eigenvalue weighted by molar-refractivity contribution is 9.10. The van der Waals surface area contributed by atoms with Crippen molar-refractivity contribution in [2.45, 2.75) is 24.5 Å². The largest absolute Gasteiger partial charge is 0.417 e. The van der Waals surface area contributed by atoms with E-state index >= 15 is 0 Å². The second kappa shape index (κ2) is 10.5. The number of aryl methyl sites for hydroxylation is 1. The minimum absolute atomic E-state index is 0.0264. The van der Waals surface area contributed by atoms with E-state index in [0.717, 1.165) is 15.9 Å². The molecule has 3 aromatic carbocycles. The van der Waals surface area contributed by atoms with Gasteiger partial charge in [0, 0.05) is 16.7 Å². The Morgan fingerprint density at radius 3 is 2.24 bits per heavy atom. The van der Waals surface area contributed by atoms with E-state index in [1.807, 2.05) is 19.1 Å². The number of rotatable bonds is 7. The van der Waals surface area contributed by atoms with Crippen molar-refractivity contribution in [2.75, 3.05) is 11.9 Å². The van der Waals surface area contributed by atoms with Gasteiger partial charge in [-0.25, -0.2) is 8.42 Å². The Hall–Kier alpha value is -2.40. The molecule has 11 heteroatoms. The highest BCUT2D eigenvalue weighted by atomic mass is 79.9. The molecule has 0 aromatic heterocycles. The summed E-state index contributed by atoms with van der Waals surface area (Å²) >= 11 is 8.87. The summed E-state index contributed by atoms with van der Waals surface area (Å²) in [5.74, 6) is -0.803. The molecule has 5 nitrogen and oxygen atoms in total. The van der Waals surface area contributed by atoms with Gasteiger partial charge in [0.05, 0.1) is 22.0 Å². The first-order chi connectivity index (χ1) is 15.9. The van der Waals surface area contributed by atoms with Crippen molar-refractivity contribution in [3.63, 3.8) is 0 Å². The summed E-state index contributed by atoms with van der Waals surface area (Å²) < 4.78 is 67.6. The number of alkyl halides is 3. The van der Waals surface area contributed by atoms with Crippen molar-refractivity contribution in [2.24, 2.45) is 0 Å². The molecule has 34 heavy (non-hydrogen) atoms. The Labute approximate surface area is 208 Å². The summed E-state index contributed by atoms with van der Waals surface area (Å²) in [5, 5.41) is 1.82. The average Bonchev–Trinajstić information content (AvgIpc) is 2.75. The van der Waals surface area contributed by atoms with Crippen LogP contribution < -0.4 is 5.32 Å². The SMILES string of the molecule is Cc1ccc(CN(CC(=O)Nc2ccc(Cl)c(C(F)(F)F)c2)S(=O)(=O)c2ccc(Br)cc2)cc1. The number of anilines is 1. The molecule has 0 aliphatic carbocycles. The van der Waals surface area contributed by atoms with Crippen LogP contribution in [0.5, 0.6) is 0 Å². The van der Waals surface area contributed by atoms with E-state index in [4.69, 9.17) is 11.6 Å². The molecule has 3 rings (SSSR count). The quantitative estimate of drug-likeness (QED) is 0.362. The monoisotopic (exact) mass is 574 g/mol. The van der Waals surface area contributed by atoms with E-state index in [1.165, 1.54) is 18.2 Å². The fraction of sp³-hybridized carbons (Fsp3) is 0.174. The summed E-state index contributed by atoms with van der Waals surface area (Å²) in [6.45, 7) is 1.16. The molecule has 0 unspecified atom stereocenters. The van der Waals surface area contributed by atoms with Crippen LogP contribution in [0, 0.1) is 6.92 Å². The van der Waals surface area contributed by atoms with Crippen LogP contribution in [0.25, 0.3) is 0 Å². The second-order valence-corrected chi connectivity index (χ2v) is 10.7. The highest BCUT2D eigenvalue weighted by Gasteiger charge is 2.33. The van der Waals surface area contributed by atoms with Crippen LogP contribution in [0.3, 0.4) is 0 Å². The Bertz CT molecular complexity index is 1280. The molecular formula is C23H19BrClF3N2O3S. The summed E-state index contributed by atoms with van der Waals surface area (Å²) in [6.07, 6.45) is -4.71. The number of amides is 1. The van der Waals surface area contributed by atoms with Crippen molar-refractivity contribution in [3.05, 3.63) is 92.9 Å². The Morgan fingerprint density at radius 2 is 1.65 bits per heavy atom. The minimum Gasteiger partial charge on any atom is -0.325 e. The summed E-state index contributed by atoms with van der Waals surface area (Å²) in [5.41, 5.74) is 0.362. The standard InChI is InChI=1S/C23H19BrClF3N2O3S/c1-15-2-4-16(5-3-15)13-30(34(32,33)19-9-6-17(24)7-10-19)14-22(31)29-18-8-11-21(25)20(12-18)23(26,27)28/h2-12H,13-14H2,1H3,(H,29,31). The summed E-state index contributed by atoms with van der Waals surface area (Å²) in [6, 6.07) is 15.9. The van der Waals surface area contributed by atoms with Gasteiger partial charge in [-0.3, -0.25) is 4.79 Å². The van der Waals surface area contributed by atoms with Gasteiger partial charge in [0.2, 0.25) is 15.9 Å². The Morgan fingerprint density at radius 1 is 1.03 bits per heavy atom. The number of hydrogen-bond acceptors (Lipinski definition) is 3. The van der Waals surface area contributed by atoms with Gasteiger partial charge in [0.15, 0.2) is 0 Å². The lowest BCUT2D eigenvalue weighted by molar-refractivity contribution is -0.137. The van der Waals surface area contributed by atoms with Gasteiger partial charge in [-0.2, -0.15) is 17.5 Å². The van der Waals surface area contributed by atoms with Crippen molar-refractivity contribution < 1.29 is 26.4 Å². The Balaban J connectivity index is 1.88. The number of nitrogens with zero attached hydrogens (tertiary/aromatic N) is 1. The van der Waals surface area contributed by atoms with Crippen LogP contribution in [0.15, 0.2) is 76.1 Å². The third kappa shape index (κ3) is 6.59. The van der Waals surface area contributed by atoms with Gasteiger partial charge < -0.3 is 5.32 Å². The van der Waals surface area contributed by atoms with Gasteiger partial charge in [0.25, 0.3) is 0 Å². The molecule has 0 aliphatic heterocycles. The van der Waals surface area contributed by atoms with E-state index in [-0.39, 0.29) is 17.1 Å². The van der Waals surface area contributed by atoms with Crippen LogP contribution in [0.2, 0.25) is 5.02 Å². The number of carbonyl (C=O) groups excluding carboxylic acids is 1. The van der Waals surface area contributed by atoms with Crippen molar-refractivity contribution in [1.29, 1.82) is 0 Å². The molecule has 1 N–H and O–H groups in total. The number of halogens is 5. The maximum Gasteiger partial charge on any atom is 0.417 e. The first-order valence-corrected chi connectivity index (χ1v) is 12.5. The molecule has 0 saturated heterocycles. The molecule has 0 saturated carbocycles. The van der Waals surface area contributed by atoms with Gasteiger partial charge in [-0.1, -0.05) is 57.4 Å². The van der Waals surface area contributed by atoms with E-state index in [0.29, 0.717) is 16.1 Å². The van der Waals surface area contributed by atoms with Crippen LogP contribution in [-0.2, 0) is 27.5 Å². The highest BCUT2D eigenvalue weighted by Crippen LogP contribution is 2.36. The van der Waals surface area contributed by atoms with Crippen LogP contribution in [0.4, 0.5) is 18.9 Å². The first kappa shape index (κ1) is 26.2. The number of carbonyl (C=O) groups is 1. The molecule has 0 bridgehead atoms. The van der Waals surface area contributed by atoms with E-state index < -0.39 is 39.2 Å². The molecule has 0 spiro atoms. The van der Waals surface area contributed by atoms with Crippen LogP contribution in [0.1, 0.15) is 16.7 Å². The van der Waals surface area contributed by atoms with Gasteiger partial charge >= 0.3 is 6.18 Å². The predicted octanol–water partition coefficient (Wildman–Crippen LogP) is 6.26. The molecule has 0 atom stereocenters. The molecule has 1 amide bonds. The molecule has 3 aromatic rings. The maximum atomic E-state index is 13.3. The van der Waals surface area contributed by atoms with Crippen LogP contribution in [-0.4, -0.2) is 25.2 Å². The zero-order valence-corrected chi connectivity index (χ0v) is 20.9. The summed E-state index contributed by atoms with van der Waals surface area (Å²) in [7, 11) is -4.10. The zero-order chi connectivity index (χ0) is 25.1. The fourth-order valence-electron chi connectivity index (χ4n) is 3.06. The lowest BCUT2D eigenvalue weighted by atomic mass is 10.1. The third-order valence-corrected chi connectivity index (χ3v) is 7.47. The van der Waals surface area contributed by atoms with Crippen LogP contribution >= 0.6 is 27.5 Å². The molecule has 0 radical (unpaired) electrons. The van der Waals surface area contributed by atoms with Gasteiger partial charge in [0.1, 0.15) is 0 Å². The maximum absolute atomic E-state index is 13.3. The predicted molar refractivity (Wildman–Crippen MR) is 128 cm³/mol. The Kier molecular flexibility index (Phi) is 8.07. The minimum atomic E-state index is -4.71. The van der Waals surface area contributed by atoms with E-state index in [2.05, 4.69) is 21.2 Å². The van der Waals surface area contributed by atoms with Gasteiger partial charge in [-0.15, -0.1) is 0 Å². The van der Waals surface area contributed by atoms with Crippen molar-refractivity contribution in [3.8, 4) is 0 Å². The topological polar surface area (TPSA) is 66.5 Å². The zero-order valence-electron chi connectivity index (χ0n) is 17.7. The molecule has 0 heterocycles. The smallest absolute Gasteiger partial charge is 0.325 e. The lowest BCUT2D eigenvalue weighted by Crippen LogP contribution is -2.37. The fourth-order valence-corrected chi connectivity index (χ4v) is 4.93. The normalized spacial score (nSPS) is 12.1. The second-order valence-electron chi connectivity index (χ2n) is 7.45. The number of nitrogens with one attached hydrogen (secondary N) is 1. The number of sulfonamides is 1. The van der Waals surface area contributed by atoms with Crippen molar-refractivity contribution >= 4 is 49.1 Å². The van der Waals surface area contributed by atoms with Crippen molar-refractivity contribution in [1.82, 2.24) is 4.31 Å². The number of benzene rings is 3. The molecule has 0 aliphatic rings. The molecular weight excluding hydrogens is 557 g/mol. The molecule has 180 valence electrons. The average molecular weight is 576 g/mol. The van der Waals surface area contributed by atoms with E-state index in [9.17, 15) is 26.4 Å². The first-order valence-electron chi connectivity index (χ1n) is 9.84. The molecule has 0 fully saturated rings. The summed E-state index contributed by atoms with van der Waals surface area (Å²) in [4.78, 5) is 12.7. The number of hydrogen-bond donors (Lipinski definition) is 1. The van der Waals surface area contributed by atoms with Gasteiger partial charge in [-0.05, 0) is 55.0 Å². The van der Waals surface area contributed by atoms with E-state index in [1.54, 1.807) is 24.3 Å². The third-order valence-electron chi connectivity index (χ3n) is 4.81.